The number of carbonyl (C=O) groups excluding carboxylic acids is 1. The number of fused-ring (bicyclic) bond motifs is 1. The highest BCUT2D eigenvalue weighted by atomic mass is 16.4. The van der Waals surface area contributed by atoms with Crippen molar-refractivity contribution >= 4 is 28.6 Å². The van der Waals surface area contributed by atoms with Gasteiger partial charge in [-0.1, -0.05) is 24.6 Å². The van der Waals surface area contributed by atoms with Gasteiger partial charge in [0.15, 0.2) is 11.3 Å². The van der Waals surface area contributed by atoms with Gasteiger partial charge in [0.1, 0.15) is 0 Å². The first-order valence-corrected chi connectivity index (χ1v) is 11.8. The van der Waals surface area contributed by atoms with Gasteiger partial charge in [0.05, 0.1) is 29.0 Å². The van der Waals surface area contributed by atoms with Crippen LogP contribution in [0.15, 0.2) is 36.4 Å². The SMILES string of the molecule is CN(C)C(=O)CN1CCN(c2cc(C(=O)O)nc3c2c(C2CCC2)nn3-c2ccccc2)CC1. The van der Waals surface area contributed by atoms with E-state index < -0.39 is 5.97 Å². The molecule has 0 unspecified atom stereocenters. The Kier molecular flexibility index (Phi) is 5.95. The van der Waals surface area contributed by atoms with E-state index in [1.165, 1.54) is 6.42 Å². The summed E-state index contributed by atoms with van der Waals surface area (Å²) in [6, 6.07) is 11.5. The summed E-state index contributed by atoms with van der Waals surface area (Å²) in [5.41, 5.74) is 3.36. The third kappa shape index (κ3) is 4.11. The molecule has 5 rings (SSSR count). The monoisotopic (exact) mass is 462 g/mol. The highest BCUT2D eigenvalue weighted by molar-refractivity contribution is 5.98. The number of carboxylic acids is 1. The zero-order chi connectivity index (χ0) is 23.8. The van der Waals surface area contributed by atoms with Crippen LogP contribution in [0.3, 0.4) is 0 Å². The molecule has 1 saturated heterocycles. The van der Waals surface area contributed by atoms with E-state index in [4.69, 9.17) is 5.10 Å². The van der Waals surface area contributed by atoms with Gasteiger partial charge in [-0.15, -0.1) is 0 Å². The Balaban J connectivity index is 1.57. The van der Waals surface area contributed by atoms with Crippen LogP contribution >= 0.6 is 0 Å². The van der Waals surface area contributed by atoms with E-state index in [0.29, 0.717) is 31.2 Å². The minimum atomic E-state index is -1.05. The molecule has 0 atom stereocenters. The first-order valence-electron chi connectivity index (χ1n) is 11.8. The van der Waals surface area contributed by atoms with Gasteiger partial charge >= 0.3 is 5.97 Å². The number of para-hydroxylation sites is 1. The van der Waals surface area contributed by atoms with Crippen LogP contribution in [0.4, 0.5) is 5.69 Å². The number of carbonyl (C=O) groups is 2. The van der Waals surface area contributed by atoms with E-state index in [1.807, 2.05) is 30.3 Å². The Hall–Kier alpha value is -3.46. The Labute approximate surface area is 198 Å². The van der Waals surface area contributed by atoms with Crippen molar-refractivity contribution in [3.05, 3.63) is 47.8 Å². The molecule has 9 heteroatoms. The predicted molar refractivity (Wildman–Crippen MR) is 130 cm³/mol. The highest BCUT2D eigenvalue weighted by Crippen LogP contribution is 2.42. The number of aromatic carboxylic acids is 1. The number of hydrogen-bond donors (Lipinski definition) is 1. The normalized spacial score (nSPS) is 17.1. The molecule has 9 nitrogen and oxygen atoms in total. The summed E-state index contributed by atoms with van der Waals surface area (Å²) in [5.74, 6) is -0.601. The lowest BCUT2D eigenvalue weighted by atomic mass is 9.82. The molecule has 1 N–H and O–H groups in total. The molecule has 1 aliphatic carbocycles. The van der Waals surface area contributed by atoms with E-state index in [9.17, 15) is 14.7 Å². The fourth-order valence-corrected chi connectivity index (χ4v) is 4.68. The summed E-state index contributed by atoms with van der Waals surface area (Å²) >= 11 is 0. The van der Waals surface area contributed by atoms with Gasteiger partial charge in [-0.05, 0) is 31.0 Å². The minimum absolute atomic E-state index is 0.0185. The van der Waals surface area contributed by atoms with Crippen molar-refractivity contribution in [1.82, 2.24) is 24.6 Å². The molecule has 2 aliphatic rings. The number of hydrogen-bond acceptors (Lipinski definition) is 6. The van der Waals surface area contributed by atoms with Crippen LogP contribution in [0.1, 0.15) is 41.4 Å². The van der Waals surface area contributed by atoms with Crippen LogP contribution in [0.2, 0.25) is 0 Å². The molecule has 178 valence electrons. The van der Waals surface area contributed by atoms with Crippen LogP contribution in [0, 0.1) is 0 Å². The van der Waals surface area contributed by atoms with Gasteiger partial charge < -0.3 is 14.9 Å². The molecule has 1 aromatic carbocycles. The van der Waals surface area contributed by atoms with Gasteiger partial charge in [0.25, 0.3) is 0 Å². The molecule has 34 heavy (non-hydrogen) atoms. The summed E-state index contributed by atoms with van der Waals surface area (Å²) in [6.07, 6.45) is 3.35. The lowest BCUT2D eigenvalue weighted by molar-refractivity contribution is -0.129. The average Bonchev–Trinajstić information content (AvgIpc) is 3.17. The molecule has 3 aromatic rings. The number of aromatic nitrogens is 3. The van der Waals surface area contributed by atoms with Crippen LogP contribution < -0.4 is 4.90 Å². The Morgan fingerprint density at radius 3 is 2.38 bits per heavy atom. The van der Waals surface area contributed by atoms with E-state index in [2.05, 4.69) is 14.8 Å². The fraction of sp³-hybridized carbons (Fsp3) is 0.440. The van der Waals surface area contributed by atoms with Gasteiger partial charge in [-0.25, -0.2) is 14.5 Å². The van der Waals surface area contributed by atoms with Crippen molar-refractivity contribution in [2.45, 2.75) is 25.2 Å². The number of likely N-dealkylation sites (N-methyl/N-ethyl adjacent to an activating group) is 1. The smallest absolute Gasteiger partial charge is 0.354 e. The lowest BCUT2D eigenvalue weighted by Crippen LogP contribution is -2.49. The standard InChI is InChI=1S/C25H30N6O3/c1-28(2)21(32)16-29-11-13-30(14-12-29)20-15-19(25(33)34)26-24-22(20)23(17-7-6-8-17)27-31(24)18-9-4-3-5-10-18/h3-5,9-10,15,17H,6-8,11-14,16H2,1-2H3,(H,33,34). The van der Waals surface area contributed by atoms with E-state index in [-0.39, 0.29) is 11.6 Å². The number of anilines is 1. The number of pyridine rings is 1. The molecule has 0 radical (unpaired) electrons. The van der Waals surface area contributed by atoms with Crippen molar-refractivity contribution < 1.29 is 14.7 Å². The minimum Gasteiger partial charge on any atom is -0.477 e. The first-order chi connectivity index (χ1) is 16.4. The van der Waals surface area contributed by atoms with E-state index in [0.717, 1.165) is 48.4 Å². The Morgan fingerprint density at radius 2 is 1.79 bits per heavy atom. The zero-order valence-corrected chi connectivity index (χ0v) is 19.6. The molecular formula is C25H30N6O3. The molecule has 1 amide bonds. The summed E-state index contributed by atoms with van der Waals surface area (Å²) in [6.45, 7) is 3.28. The molecule has 2 aromatic heterocycles. The highest BCUT2D eigenvalue weighted by Gasteiger charge is 2.31. The first kappa shape index (κ1) is 22.3. The Bertz CT molecular complexity index is 1210. The third-order valence-corrected chi connectivity index (χ3v) is 6.93. The van der Waals surface area contributed by atoms with Gasteiger partial charge in [-0.3, -0.25) is 9.69 Å². The summed E-state index contributed by atoms with van der Waals surface area (Å²) in [5, 5.41) is 15.8. The second-order valence-corrected chi connectivity index (χ2v) is 9.34. The number of amides is 1. The number of carboxylic acid groups (broad SMARTS) is 1. The Morgan fingerprint density at radius 1 is 1.09 bits per heavy atom. The topological polar surface area (TPSA) is 94.8 Å². The van der Waals surface area contributed by atoms with E-state index >= 15 is 0 Å². The quantitative estimate of drug-likeness (QED) is 0.602. The van der Waals surface area contributed by atoms with Crippen LogP contribution in [0.5, 0.6) is 0 Å². The lowest BCUT2D eigenvalue weighted by Gasteiger charge is -2.36. The summed E-state index contributed by atoms with van der Waals surface area (Å²) < 4.78 is 1.80. The second-order valence-electron chi connectivity index (χ2n) is 9.34. The molecule has 1 saturated carbocycles. The molecule has 2 fully saturated rings. The van der Waals surface area contributed by atoms with Crippen molar-refractivity contribution in [3.8, 4) is 5.69 Å². The average molecular weight is 463 g/mol. The van der Waals surface area contributed by atoms with Gasteiger partial charge in [0, 0.05) is 46.2 Å². The summed E-state index contributed by atoms with van der Waals surface area (Å²) in [7, 11) is 3.54. The van der Waals surface area contributed by atoms with Gasteiger partial charge in [0.2, 0.25) is 5.91 Å². The fourth-order valence-electron chi connectivity index (χ4n) is 4.68. The molecule has 0 bridgehead atoms. The number of nitrogens with zero attached hydrogens (tertiary/aromatic N) is 6. The van der Waals surface area contributed by atoms with Crippen molar-refractivity contribution in [2.24, 2.45) is 0 Å². The number of rotatable bonds is 6. The van der Waals surface area contributed by atoms with Crippen LogP contribution in [-0.4, -0.2) is 88.4 Å². The second kappa shape index (κ2) is 9.06. The number of benzene rings is 1. The number of piperazine rings is 1. The molecular weight excluding hydrogens is 432 g/mol. The predicted octanol–water partition coefficient (Wildman–Crippen LogP) is 2.60. The molecule has 1 aliphatic heterocycles. The molecule has 3 heterocycles. The van der Waals surface area contributed by atoms with E-state index in [1.54, 1.807) is 29.7 Å². The van der Waals surface area contributed by atoms with Crippen LogP contribution in [-0.2, 0) is 4.79 Å². The zero-order valence-electron chi connectivity index (χ0n) is 19.6. The summed E-state index contributed by atoms with van der Waals surface area (Å²) in [4.78, 5) is 34.7. The third-order valence-electron chi connectivity index (χ3n) is 6.93. The maximum atomic E-state index is 12.1. The largest absolute Gasteiger partial charge is 0.477 e. The van der Waals surface area contributed by atoms with Crippen molar-refractivity contribution in [2.75, 3.05) is 51.7 Å². The van der Waals surface area contributed by atoms with Crippen molar-refractivity contribution in [1.29, 1.82) is 0 Å². The maximum absolute atomic E-state index is 12.1. The van der Waals surface area contributed by atoms with Crippen LogP contribution in [0.25, 0.3) is 16.7 Å². The maximum Gasteiger partial charge on any atom is 0.354 e. The van der Waals surface area contributed by atoms with Gasteiger partial charge in [-0.2, -0.15) is 5.10 Å². The molecule has 0 spiro atoms. The van der Waals surface area contributed by atoms with Crippen molar-refractivity contribution in [3.63, 3.8) is 0 Å².